The fourth-order valence-corrected chi connectivity index (χ4v) is 2.97. The van der Waals surface area contributed by atoms with Crippen molar-refractivity contribution in [3.8, 4) is 0 Å². The van der Waals surface area contributed by atoms with Crippen LogP contribution in [0.3, 0.4) is 0 Å². The highest BCUT2D eigenvalue weighted by Gasteiger charge is 2.39. The molecule has 1 aliphatic carbocycles. The number of hydrogen-bond acceptors (Lipinski definition) is 0. The Kier molecular flexibility index (Phi) is 3.96. The van der Waals surface area contributed by atoms with Crippen molar-refractivity contribution in [1.82, 2.24) is 0 Å². The monoisotopic (exact) mass is 204 g/mol. The molecule has 0 aliphatic heterocycles. The van der Waals surface area contributed by atoms with E-state index in [0.717, 1.165) is 0 Å². The van der Waals surface area contributed by atoms with Crippen molar-refractivity contribution >= 4 is 0 Å². The molecule has 0 fully saturated rings. The van der Waals surface area contributed by atoms with Crippen molar-refractivity contribution in [2.75, 3.05) is 0 Å². The number of hydrogen-bond donors (Lipinski definition) is 0. The lowest BCUT2D eigenvalue weighted by Gasteiger charge is -2.35. The summed E-state index contributed by atoms with van der Waals surface area (Å²) in [6, 6.07) is 0. The molecule has 1 unspecified atom stereocenters. The van der Waals surface area contributed by atoms with Gasteiger partial charge in [-0.25, -0.2) is 0 Å². The summed E-state index contributed by atoms with van der Waals surface area (Å²) >= 11 is 0. The van der Waals surface area contributed by atoms with Gasteiger partial charge in [0.05, 0.1) is 0 Å². The molecule has 0 saturated carbocycles. The Morgan fingerprint density at radius 3 is 2.53 bits per heavy atom. The SMILES string of the molecule is C=CC1=C(/C=C\C)C(CC)(C(C)C)CC1. The molecule has 0 aromatic rings. The highest BCUT2D eigenvalue weighted by Crippen LogP contribution is 2.51. The number of rotatable bonds is 4. The van der Waals surface area contributed by atoms with Gasteiger partial charge in [-0.3, -0.25) is 0 Å². The second-order valence-electron chi connectivity index (χ2n) is 4.81. The Balaban J connectivity index is 3.21. The summed E-state index contributed by atoms with van der Waals surface area (Å²) in [6.45, 7) is 13.1. The summed E-state index contributed by atoms with van der Waals surface area (Å²) in [7, 11) is 0. The highest BCUT2D eigenvalue weighted by atomic mass is 14.4. The van der Waals surface area contributed by atoms with E-state index in [9.17, 15) is 0 Å². The quantitative estimate of drug-likeness (QED) is 0.611. The van der Waals surface area contributed by atoms with E-state index < -0.39 is 0 Å². The molecule has 0 spiro atoms. The van der Waals surface area contributed by atoms with Crippen molar-refractivity contribution in [3.63, 3.8) is 0 Å². The first-order chi connectivity index (χ1) is 7.12. The molecule has 0 aromatic heterocycles. The zero-order valence-corrected chi connectivity index (χ0v) is 10.6. The Morgan fingerprint density at radius 1 is 1.47 bits per heavy atom. The maximum Gasteiger partial charge on any atom is -0.00209 e. The minimum atomic E-state index is 0.399. The lowest BCUT2D eigenvalue weighted by atomic mass is 9.69. The second-order valence-corrected chi connectivity index (χ2v) is 4.81. The normalized spacial score (nSPS) is 27.0. The predicted octanol–water partition coefficient (Wildman–Crippen LogP) is 4.89. The maximum atomic E-state index is 3.94. The smallest absolute Gasteiger partial charge is 0.00209 e. The van der Waals surface area contributed by atoms with Gasteiger partial charge in [0.1, 0.15) is 0 Å². The summed E-state index contributed by atoms with van der Waals surface area (Å²) in [5.41, 5.74) is 3.40. The molecule has 0 N–H and O–H groups in total. The predicted molar refractivity (Wildman–Crippen MR) is 68.8 cm³/mol. The highest BCUT2D eigenvalue weighted by molar-refractivity contribution is 5.42. The van der Waals surface area contributed by atoms with Crippen LogP contribution in [-0.4, -0.2) is 0 Å². The third-order valence-corrected chi connectivity index (χ3v) is 4.04. The van der Waals surface area contributed by atoms with Gasteiger partial charge in [-0.05, 0) is 48.7 Å². The van der Waals surface area contributed by atoms with Crippen LogP contribution in [-0.2, 0) is 0 Å². The van der Waals surface area contributed by atoms with Crippen LogP contribution in [0.5, 0.6) is 0 Å². The minimum Gasteiger partial charge on any atom is -0.0988 e. The standard InChI is InChI=1S/C15H24/c1-6-9-14-13(7-2)10-11-15(14,8-3)12(4)5/h6-7,9,12H,2,8,10-11H2,1,3-5H3/b9-6-. The molecule has 0 saturated heterocycles. The fourth-order valence-electron chi connectivity index (χ4n) is 2.97. The van der Waals surface area contributed by atoms with Gasteiger partial charge in [0.25, 0.3) is 0 Å². The van der Waals surface area contributed by atoms with E-state index in [4.69, 9.17) is 0 Å². The molecule has 0 nitrogen and oxygen atoms in total. The largest absolute Gasteiger partial charge is 0.0988 e. The molecule has 0 bridgehead atoms. The van der Waals surface area contributed by atoms with Crippen LogP contribution in [0.4, 0.5) is 0 Å². The number of allylic oxidation sites excluding steroid dienone is 5. The molecule has 0 radical (unpaired) electrons. The van der Waals surface area contributed by atoms with Gasteiger partial charge in [0.2, 0.25) is 0 Å². The van der Waals surface area contributed by atoms with Gasteiger partial charge in [-0.15, -0.1) is 0 Å². The van der Waals surface area contributed by atoms with Crippen LogP contribution in [0, 0.1) is 11.3 Å². The van der Waals surface area contributed by atoms with E-state index in [2.05, 4.69) is 52.5 Å². The average Bonchev–Trinajstić information content (AvgIpc) is 2.58. The van der Waals surface area contributed by atoms with Gasteiger partial charge < -0.3 is 0 Å². The molecule has 0 amide bonds. The Bertz CT molecular complexity index is 291. The minimum absolute atomic E-state index is 0.399. The Morgan fingerprint density at radius 2 is 2.13 bits per heavy atom. The molecular formula is C15H24. The Labute approximate surface area is 94.8 Å². The van der Waals surface area contributed by atoms with Crippen molar-refractivity contribution in [2.24, 2.45) is 11.3 Å². The van der Waals surface area contributed by atoms with Crippen LogP contribution in [0.1, 0.15) is 47.0 Å². The zero-order valence-electron chi connectivity index (χ0n) is 10.6. The molecule has 0 heterocycles. The topological polar surface area (TPSA) is 0 Å². The lowest BCUT2D eigenvalue weighted by molar-refractivity contribution is 0.238. The van der Waals surface area contributed by atoms with Crippen molar-refractivity contribution < 1.29 is 0 Å². The first-order valence-corrected chi connectivity index (χ1v) is 6.11. The van der Waals surface area contributed by atoms with E-state index in [1.165, 1.54) is 30.4 Å². The zero-order chi connectivity index (χ0) is 11.5. The molecule has 15 heavy (non-hydrogen) atoms. The first-order valence-electron chi connectivity index (χ1n) is 6.11. The maximum absolute atomic E-state index is 3.94. The third kappa shape index (κ3) is 1.95. The van der Waals surface area contributed by atoms with Crippen LogP contribution in [0.15, 0.2) is 36.0 Å². The molecule has 0 heteroatoms. The average molecular weight is 204 g/mol. The molecule has 0 aromatic carbocycles. The molecule has 1 rings (SSSR count). The lowest BCUT2D eigenvalue weighted by Crippen LogP contribution is -2.25. The van der Waals surface area contributed by atoms with Gasteiger partial charge in [0, 0.05) is 0 Å². The van der Waals surface area contributed by atoms with E-state index in [0.29, 0.717) is 11.3 Å². The van der Waals surface area contributed by atoms with E-state index in [1.807, 2.05) is 0 Å². The van der Waals surface area contributed by atoms with Crippen molar-refractivity contribution in [3.05, 3.63) is 36.0 Å². The summed E-state index contributed by atoms with van der Waals surface area (Å²) < 4.78 is 0. The third-order valence-electron chi connectivity index (χ3n) is 4.04. The van der Waals surface area contributed by atoms with E-state index >= 15 is 0 Å². The van der Waals surface area contributed by atoms with E-state index in [1.54, 1.807) is 0 Å². The van der Waals surface area contributed by atoms with Gasteiger partial charge in [0.15, 0.2) is 0 Å². The molecular weight excluding hydrogens is 180 g/mol. The van der Waals surface area contributed by atoms with Crippen LogP contribution in [0.2, 0.25) is 0 Å². The molecule has 1 aliphatic rings. The van der Waals surface area contributed by atoms with Crippen LogP contribution >= 0.6 is 0 Å². The summed E-state index contributed by atoms with van der Waals surface area (Å²) in [5.74, 6) is 0.714. The second kappa shape index (κ2) is 4.83. The molecule has 1 atom stereocenters. The van der Waals surface area contributed by atoms with Gasteiger partial charge in [-0.1, -0.05) is 45.6 Å². The van der Waals surface area contributed by atoms with E-state index in [-0.39, 0.29) is 0 Å². The van der Waals surface area contributed by atoms with Crippen LogP contribution < -0.4 is 0 Å². The van der Waals surface area contributed by atoms with Gasteiger partial charge in [-0.2, -0.15) is 0 Å². The van der Waals surface area contributed by atoms with Gasteiger partial charge >= 0.3 is 0 Å². The van der Waals surface area contributed by atoms with Crippen molar-refractivity contribution in [1.29, 1.82) is 0 Å². The first kappa shape index (κ1) is 12.3. The summed E-state index contributed by atoms with van der Waals surface area (Å²) in [6.07, 6.45) is 10.2. The Hall–Kier alpha value is -0.780. The van der Waals surface area contributed by atoms with Crippen molar-refractivity contribution in [2.45, 2.75) is 47.0 Å². The fraction of sp³-hybridized carbons (Fsp3) is 0.600. The van der Waals surface area contributed by atoms with Crippen LogP contribution in [0.25, 0.3) is 0 Å². The molecule has 84 valence electrons. The summed E-state index contributed by atoms with van der Waals surface area (Å²) in [5, 5.41) is 0. The summed E-state index contributed by atoms with van der Waals surface area (Å²) in [4.78, 5) is 0.